The van der Waals surface area contributed by atoms with E-state index >= 15 is 0 Å². The summed E-state index contributed by atoms with van der Waals surface area (Å²) in [4.78, 5) is 13.7. The van der Waals surface area contributed by atoms with E-state index in [2.05, 4.69) is 4.90 Å². The molecule has 0 saturated heterocycles. The second-order valence-corrected chi connectivity index (χ2v) is 5.93. The van der Waals surface area contributed by atoms with Gasteiger partial charge in [-0.05, 0) is 45.5 Å². The minimum atomic E-state index is -0.414. The molecule has 0 spiro atoms. The second-order valence-electron chi connectivity index (χ2n) is 5.93. The minimum Gasteiger partial charge on any atom is -0.497 e. The Balaban J connectivity index is 2.40. The molecule has 0 heterocycles. The van der Waals surface area contributed by atoms with E-state index in [0.717, 1.165) is 17.9 Å². The molecule has 0 fully saturated rings. The van der Waals surface area contributed by atoms with Gasteiger partial charge in [0, 0.05) is 13.1 Å². The smallest absolute Gasteiger partial charge is 0.307 e. The summed E-state index contributed by atoms with van der Waals surface area (Å²) in [5, 5.41) is 0. The number of hydrogen-bond donors (Lipinski definition) is 0. The molecule has 0 atom stereocenters. The zero-order valence-corrected chi connectivity index (χ0v) is 13.1. The number of methoxy groups -OCH3 is 1. The molecule has 1 rings (SSSR count). The topological polar surface area (TPSA) is 38.8 Å². The summed E-state index contributed by atoms with van der Waals surface area (Å²) >= 11 is 0. The molecular formula is C16H25NO3. The minimum absolute atomic E-state index is 0.157. The molecule has 0 N–H and O–H groups in total. The molecular weight excluding hydrogens is 254 g/mol. The third-order valence-corrected chi connectivity index (χ3v) is 2.70. The van der Waals surface area contributed by atoms with Gasteiger partial charge in [-0.2, -0.15) is 0 Å². The lowest BCUT2D eigenvalue weighted by Crippen LogP contribution is -2.27. The average Bonchev–Trinajstić information content (AvgIpc) is 2.34. The average molecular weight is 279 g/mol. The van der Waals surface area contributed by atoms with Crippen LogP contribution in [0.3, 0.4) is 0 Å². The molecule has 0 saturated carbocycles. The second kappa shape index (κ2) is 7.29. The molecule has 4 heteroatoms. The van der Waals surface area contributed by atoms with Crippen molar-refractivity contribution in [2.75, 3.05) is 20.7 Å². The number of esters is 1. The van der Waals surface area contributed by atoms with Crippen LogP contribution in [0.25, 0.3) is 0 Å². The maximum Gasteiger partial charge on any atom is 0.307 e. The first kappa shape index (κ1) is 16.5. The van der Waals surface area contributed by atoms with Gasteiger partial charge < -0.3 is 14.4 Å². The van der Waals surface area contributed by atoms with Gasteiger partial charge in [-0.25, -0.2) is 0 Å². The highest BCUT2D eigenvalue weighted by molar-refractivity contribution is 5.70. The summed E-state index contributed by atoms with van der Waals surface area (Å²) in [6.45, 7) is 7.09. The molecule has 0 bridgehead atoms. The first-order chi connectivity index (χ1) is 9.30. The predicted octanol–water partition coefficient (Wildman–Crippen LogP) is 2.86. The summed E-state index contributed by atoms with van der Waals surface area (Å²) in [5.74, 6) is 0.693. The van der Waals surface area contributed by atoms with E-state index in [4.69, 9.17) is 9.47 Å². The number of carbonyl (C=O) groups is 1. The fourth-order valence-electron chi connectivity index (χ4n) is 1.84. The molecule has 0 aliphatic carbocycles. The molecule has 0 unspecified atom stereocenters. The molecule has 0 amide bonds. The number of carbonyl (C=O) groups excluding carboxylic acids is 1. The Morgan fingerprint density at radius 2 is 2.00 bits per heavy atom. The Hall–Kier alpha value is -1.55. The largest absolute Gasteiger partial charge is 0.497 e. The quantitative estimate of drug-likeness (QED) is 0.751. The van der Waals surface area contributed by atoms with Crippen LogP contribution in [0.4, 0.5) is 0 Å². The van der Waals surface area contributed by atoms with Crippen molar-refractivity contribution >= 4 is 5.97 Å². The zero-order chi connectivity index (χ0) is 15.2. The first-order valence-corrected chi connectivity index (χ1v) is 6.83. The zero-order valence-electron chi connectivity index (χ0n) is 13.1. The van der Waals surface area contributed by atoms with E-state index in [9.17, 15) is 4.79 Å². The van der Waals surface area contributed by atoms with Gasteiger partial charge in [0.15, 0.2) is 0 Å². The van der Waals surface area contributed by atoms with Crippen molar-refractivity contribution in [3.8, 4) is 5.75 Å². The van der Waals surface area contributed by atoms with Crippen LogP contribution >= 0.6 is 0 Å². The predicted molar refractivity (Wildman–Crippen MR) is 79.8 cm³/mol. The molecule has 112 valence electrons. The number of benzene rings is 1. The lowest BCUT2D eigenvalue weighted by atomic mass is 10.2. The van der Waals surface area contributed by atoms with Gasteiger partial charge >= 0.3 is 5.97 Å². The van der Waals surface area contributed by atoms with Gasteiger partial charge in [-0.15, -0.1) is 0 Å². The monoisotopic (exact) mass is 279 g/mol. The van der Waals surface area contributed by atoms with E-state index < -0.39 is 5.60 Å². The normalized spacial score (nSPS) is 11.5. The van der Waals surface area contributed by atoms with Crippen LogP contribution in [0, 0.1) is 0 Å². The lowest BCUT2D eigenvalue weighted by Gasteiger charge is -2.21. The number of nitrogens with zero attached hydrogens (tertiary/aromatic N) is 1. The summed E-state index contributed by atoms with van der Waals surface area (Å²) < 4.78 is 10.5. The molecule has 4 nitrogen and oxygen atoms in total. The maximum absolute atomic E-state index is 11.6. The van der Waals surface area contributed by atoms with E-state index in [1.807, 2.05) is 52.1 Å². The van der Waals surface area contributed by atoms with Crippen molar-refractivity contribution < 1.29 is 14.3 Å². The Morgan fingerprint density at radius 1 is 1.30 bits per heavy atom. The van der Waals surface area contributed by atoms with Crippen molar-refractivity contribution in [2.24, 2.45) is 0 Å². The van der Waals surface area contributed by atoms with Crippen LogP contribution in [-0.4, -0.2) is 37.2 Å². The third-order valence-electron chi connectivity index (χ3n) is 2.70. The standard InChI is InChI=1S/C16H25NO3/c1-16(2,3)20-15(18)9-10-17(4)12-13-7-6-8-14(11-13)19-5/h6-8,11H,9-10,12H2,1-5H3. The number of ether oxygens (including phenoxy) is 2. The van der Waals surface area contributed by atoms with Crippen LogP contribution in [0.5, 0.6) is 5.75 Å². The maximum atomic E-state index is 11.6. The molecule has 0 aliphatic rings. The van der Waals surface area contributed by atoms with E-state index in [1.165, 1.54) is 0 Å². The Kier molecular flexibility index (Phi) is 6.02. The Labute approximate surface area is 121 Å². The Morgan fingerprint density at radius 3 is 2.60 bits per heavy atom. The van der Waals surface area contributed by atoms with E-state index in [1.54, 1.807) is 7.11 Å². The van der Waals surface area contributed by atoms with Crippen molar-refractivity contribution in [3.05, 3.63) is 29.8 Å². The van der Waals surface area contributed by atoms with Crippen LogP contribution in [0.15, 0.2) is 24.3 Å². The van der Waals surface area contributed by atoms with Crippen molar-refractivity contribution in [3.63, 3.8) is 0 Å². The first-order valence-electron chi connectivity index (χ1n) is 6.83. The highest BCUT2D eigenvalue weighted by atomic mass is 16.6. The molecule has 1 aromatic rings. The number of rotatable bonds is 6. The van der Waals surface area contributed by atoms with Gasteiger partial charge in [-0.1, -0.05) is 12.1 Å². The summed E-state index contributed by atoms with van der Waals surface area (Å²) in [6, 6.07) is 7.94. The van der Waals surface area contributed by atoms with Crippen molar-refractivity contribution in [1.29, 1.82) is 0 Å². The van der Waals surface area contributed by atoms with Crippen LogP contribution in [-0.2, 0) is 16.1 Å². The van der Waals surface area contributed by atoms with E-state index in [-0.39, 0.29) is 5.97 Å². The third kappa shape index (κ3) is 6.57. The van der Waals surface area contributed by atoms with Crippen LogP contribution in [0.1, 0.15) is 32.8 Å². The van der Waals surface area contributed by atoms with Gasteiger partial charge in [0.2, 0.25) is 0 Å². The fraction of sp³-hybridized carbons (Fsp3) is 0.562. The fourth-order valence-corrected chi connectivity index (χ4v) is 1.84. The summed E-state index contributed by atoms with van der Waals surface area (Å²) in [7, 11) is 3.65. The highest BCUT2D eigenvalue weighted by Gasteiger charge is 2.16. The highest BCUT2D eigenvalue weighted by Crippen LogP contribution is 2.14. The summed E-state index contributed by atoms with van der Waals surface area (Å²) in [6.07, 6.45) is 0.401. The molecule has 1 aromatic carbocycles. The van der Waals surface area contributed by atoms with Crippen molar-refractivity contribution in [1.82, 2.24) is 4.90 Å². The van der Waals surface area contributed by atoms with Gasteiger partial charge in [0.25, 0.3) is 0 Å². The van der Waals surface area contributed by atoms with Crippen molar-refractivity contribution in [2.45, 2.75) is 39.3 Å². The van der Waals surface area contributed by atoms with E-state index in [0.29, 0.717) is 13.0 Å². The van der Waals surface area contributed by atoms with Gasteiger partial charge in [0.1, 0.15) is 11.4 Å². The molecule has 0 radical (unpaired) electrons. The van der Waals surface area contributed by atoms with Gasteiger partial charge in [-0.3, -0.25) is 4.79 Å². The SMILES string of the molecule is COc1cccc(CN(C)CCC(=O)OC(C)(C)C)c1. The molecule has 0 aromatic heterocycles. The molecule has 0 aliphatic heterocycles. The van der Waals surface area contributed by atoms with Gasteiger partial charge in [0.05, 0.1) is 13.5 Å². The lowest BCUT2D eigenvalue weighted by molar-refractivity contribution is -0.155. The van der Waals surface area contributed by atoms with Crippen LogP contribution in [0.2, 0.25) is 0 Å². The Bertz CT molecular complexity index is 438. The van der Waals surface area contributed by atoms with Crippen LogP contribution < -0.4 is 4.74 Å². The molecule has 20 heavy (non-hydrogen) atoms. The number of hydrogen-bond acceptors (Lipinski definition) is 4. The summed E-state index contributed by atoms with van der Waals surface area (Å²) in [5.41, 5.74) is 0.749.